The summed E-state index contributed by atoms with van der Waals surface area (Å²) >= 11 is 0. The van der Waals surface area contributed by atoms with Crippen LogP contribution in [0.25, 0.3) is 0 Å². The van der Waals surface area contributed by atoms with Gasteiger partial charge in [0.1, 0.15) is 23.9 Å². The van der Waals surface area contributed by atoms with Crippen molar-refractivity contribution in [1.82, 2.24) is 19.7 Å². The third-order valence-corrected chi connectivity index (χ3v) is 5.80. The summed E-state index contributed by atoms with van der Waals surface area (Å²) in [5.74, 6) is 1.13. The Hall–Kier alpha value is -2.29. The lowest BCUT2D eigenvalue weighted by atomic mass is 9.86. The van der Waals surface area contributed by atoms with E-state index in [4.69, 9.17) is 4.74 Å². The van der Waals surface area contributed by atoms with Crippen molar-refractivity contribution in [3.63, 3.8) is 0 Å². The van der Waals surface area contributed by atoms with Gasteiger partial charge in [0.25, 0.3) is 6.43 Å². The molecule has 0 aliphatic carbocycles. The number of piperidine rings is 1. The number of likely N-dealkylation sites (tertiary alicyclic amines) is 1. The number of fused-ring (bicyclic) bond motifs is 1. The zero-order chi connectivity index (χ0) is 20.2. The predicted octanol–water partition coefficient (Wildman–Crippen LogP) is 3.59. The number of rotatable bonds is 7. The molecule has 0 radical (unpaired) electrons. The van der Waals surface area contributed by atoms with Gasteiger partial charge in [-0.15, -0.1) is 0 Å². The minimum Gasteiger partial charge on any atom is -0.494 e. The lowest BCUT2D eigenvalue weighted by Gasteiger charge is -2.40. The molecule has 1 aromatic heterocycles. The van der Waals surface area contributed by atoms with Gasteiger partial charge in [-0.3, -0.25) is 0 Å². The molecule has 0 bridgehead atoms. The maximum absolute atomic E-state index is 13.5. The van der Waals surface area contributed by atoms with E-state index >= 15 is 0 Å². The topological polar surface area (TPSA) is 55.2 Å². The Kier molecular flexibility index (Phi) is 6.22. The second-order valence-electron chi connectivity index (χ2n) is 7.78. The van der Waals surface area contributed by atoms with Crippen molar-refractivity contribution in [2.75, 3.05) is 31.6 Å². The Balaban J connectivity index is 1.27. The van der Waals surface area contributed by atoms with Gasteiger partial charge in [0.2, 0.25) is 5.95 Å². The molecule has 3 heterocycles. The third-order valence-electron chi connectivity index (χ3n) is 5.80. The van der Waals surface area contributed by atoms with E-state index in [-0.39, 0.29) is 11.9 Å². The van der Waals surface area contributed by atoms with Crippen molar-refractivity contribution in [2.45, 2.75) is 44.2 Å². The highest BCUT2D eigenvalue weighted by atomic mass is 19.3. The average molecular weight is 409 g/mol. The number of nitrogens with one attached hydrogen (secondary N) is 1. The Labute approximate surface area is 168 Å². The second kappa shape index (κ2) is 9.02. The molecule has 0 unspecified atom stereocenters. The molecule has 1 saturated heterocycles. The van der Waals surface area contributed by atoms with Gasteiger partial charge >= 0.3 is 0 Å². The van der Waals surface area contributed by atoms with Crippen LogP contribution in [0.5, 0.6) is 5.75 Å². The number of halogens is 3. The van der Waals surface area contributed by atoms with Gasteiger partial charge in [0.05, 0.1) is 6.61 Å². The van der Waals surface area contributed by atoms with Gasteiger partial charge in [0, 0.05) is 19.1 Å². The number of hydrogen-bond donors (Lipinski definition) is 1. The summed E-state index contributed by atoms with van der Waals surface area (Å²) in [6.45, 7) is 3.33. The number of anilines is 1. The minimum absolute atomic E-state index is 0.0241. The van der Waals surface area contributed by atoms with E-state index in [0.29, 0.717) is 30.6 Å². The van der Waals surface area contributed by atoms with E-state index in [1.54, 1.807) is 12.1 Å². The maximum atomic E-state index is 13.5. The van der Waals surface area contributed by atoms with Crippen LogP contribution in [0.1, 0.15) is 31.7 Å². The lowest BCUT2D eigenvalue weighted by Crippen LogP contribution is -2.47. The summed E-state index contributed by atoms with van der Waals surface area (Å²) in [7, 11) is 0. The van der Waals surface area contributed by atoms with Crippen LogP contribution in [0, 0.1) is 11.7 Å². The molecular weight excluding hydrogens is 383 g/mol. The zero-order valence-electron chi connectivity index (χ0n) is 16.2. The molecule has 1 aromatic carbocycles. The second-order valence-corrected chi connectivity index (χ2v) is 7.78. The van der Waals surface area contributed by atoms with Crippen molar-refractivity contribution in [2.24, 2.45) is 5.92 Å². The molecule has 29 heavy (non-hydrogen) atoms. The smallest absolute Gasteiger partial charge is 0.260 e. The molecule has 4 rings (SSSR count). The average Bonchev–Trinajstić information content (AvgIpc) is 3.20. The maximum Gasteiger partial charge on any atom is 0.260 e. The highest BCUT2D eigenvalue weighted by molar-refractivity contribution is 5.29. The molecule has 2 aliphatic heterocycles. The molecule has 1 fully saturated rings. The Morgan fingerprint density at radius 3 is 2.86 bits per heavy atom. The van der Waals surface area contributed by atoms with E-state index in [2.05, 4.69) is 20.3 Å². The molecule has 0 saturated carbocycles. The number of aromatic nitrogens is 3. The quantitative estimate of drug-likeness (QED) is 0.709. The van der Waals surface area contributed by atoms with Crippen molar-refractivity contribution >= 4 is 5.95 Å². The van der Waals surface area contributed by atoms with E-state index < -0.39 is 12.5 Å². The predicted molar refractivity (Wildman–Crippen MR) is 103 cm³/mol. The van der Waals surface area contributed by atoms with Crippen LogP contribution in [-0.2, 0) is 0 Å². The van der Waals surface area contributed by atoms with Gasteiger partial charge in [0.15, 0.2) is 0 Å². The molecule has 2 aliphatic rings. The summed E-state index contributed by atoms with van der Waals surface area (Å²) in [6.07, 6.45) is 2.16. The fourth-order valence-electron chi connectivity index (χ4n) is 4.33. The van der Waals surface area contributed by atoms with E-state index in [0.717, 1.165) is 38.9 Å². The van der Waals surface area contributed by atoms with Crippen LogP contribution < -0.4 is 10.1 Å². The Morgan fingerprint density at radius 1 is 1.24 bits per heavy atom. The summed E-state index contributed by atoms with van der Waals surface area (Å²) in [4.78, 5) is 6.48. The summed E-state index contributed by atoms with van der Waals surface area (Å²) in [6, 6.07) is 5.07. The highest BCUT2D eigenvalue weighted by Gasteiger charge is 2.38. The highest BCUT2D eigenvalue weighted by Crippen LogP contribution is 2.34. The standard InChI is InChI=1S/C20H26F3N5O/c21-15-4-6-16(7-5-15)29-10-2-9-27-8-1-3-14(12-27)17-11-18(19(22)23)28-20(26-17)24-13-25-28/h4-7,13-14,17-19H,1-3,8-12H2,(H,24,25,26)/t14-,17-,18+/m0/s1. The van der Waals surface area contributed by atoms with Crippen molar-refractivity contribution in [3.8, 4) is 5.75 Å². The first-order valence-corrected chi connectivity index (χ1v) is 10.1. The summed E-state index contributed by atoms with van der Waals surface area (Å²) < 4.78 is 46.9. The number of nitrogens with zero attached hydrogens (tertiary/aromatic N) is 4. The Morgan fingerprint density at radius 2 is 2.07 bits per heavy atom. The molecule has 0 spiro atoms. The Bertz CT molecular complexity index is 785. The summed E-state index contributed by atoms with van der Waals surface area (Å²) in [5.41, 5.74) is 0. The molecule has 158 valence electrons. The fourth-order valence-corrected chi connectivity index (χ4v) is 4.33. The summed E-state index contributed by atoms with van der Waals surface area (Å²) in [5, 5.41) is 7.27. The minimum atomic E-state index is -2.46. The molecule has 0 amide bonds. The van der Waals surface area contributed by atoms with Gasteiger partial charge in [-0.05, 0) is 62.4 Å². The van der Waals surface area contributed by atoms with Crippen LogP contribution in [0.3, 0.4) is 0 Å². The van der Waals surface area contributed by atoms with Crippen molar-refractivity contribution in [3.05, 3.63) is 36.4 Å². The third kappa shape index (κ3) is 4.83. The monoisotopic (exact) mass is 409 g/mol. The lowest BCUT2D eigenvalue weighted by molar-refractivity contribution is 0.0552. The zero-order valence-corrected chi connectivity index (χ0v) is 16.2. The molecular formula is C20H26F3N5O. The molecule has 9 heteroatoms. The number of ether oxygens (including phenoxy) is 1. The van der Waals surface area contributed by atoms with Crippen molar-refractivity contribution < 1.29 is 17.9 Å². The van der Waals surface area contributed by atoms with Gasteiger partial charge in [-0.2, -0.15) is 10.1 Å². The SMILES string of the molecule is Fc1ccc(OCCCN2CCC[C@H]([C@@H]3C[C@H](C(F)F)n4ncnc4N3)C2)cc1. The van der Waals surface area contributed by atoms with E-state index in [1.165, 1.54) is 23.1 Å². The fraction of sp³-hybridized carbons (Fsp3) is 0.600. The largest absolute Gasteiger partial charge is 0.494 e. The molecule has 2 aromatic rings. The molecule has 6 nitrogen and oxygen atoms in total. The van der Waals surface area contributed by atoms with Gasteiger partial charge < -0.3 is 15.0 Å². The van der Waals surface area contributed by atoms with Crippen LogP contribution in [0.2, 0.25) is 0 Å². The van der Waals surface area contributed by atoms with Crippen LogP contribution in [0.4, 0.5) is 19.1 Å². The van der Waals surface area contributed by atoms with E-state index in [1.807, 2.05) is 0 Å². The first-order chi connectivity index (χ1) is 14.1. The van der Waals surface area contributed by atoms with Crippen molar-refractivity contribution in [1.29, 1.82) is 0 Å². The molecule has 1 N–H and O–H groups in total. The van der Waals surface area contributed by atoms with Gasteiger partial charge in [-0.25, -0.2) is 17.9 Å². The number of benzene rings is 1. The van der Waals surface area contributed by atoms with Gasteiger partial charge in [-0.1, -0.05) is 0 Å². The normalized spacial score (nSPS) is 24.9. The number of hydrogen-bond acceptors (Lipinski definition) is 5. The number of alkyl halides is 2. The molecule has 3 atom stereocenters. The van der Waals surface area contributed by atoms with Crippen LogP contribution >= 0.6 is 0 Å². The van der Waals surface area contributed by atoms with E-state index in [9.17, 15) is 13.2 Å². The first kappa shape index (κ1) is 20.0. The first-order valence-electron chi connectivity index (χ1n) is 10.1. The van der Waals surface area contributed by atoms with Crippen LogP contribution in [-0.4, -0.2) is 58.4 Å². The van der Waals surface area contributed by atoms with Crippen LogP contribution in [0.15, 0.2) is 30.6 Å².